The predicted molar refractivity (Wildman–Crippen MR) is 121 cm³/mol. The predicted octanol–water partition coefficient (Wildman–Crippen LogP) is 4.95. The summed E-state index contributed by atoms with van der Waals surface area (Å²) in [7, 11) is 0. The van der Waals surface area contributed by atoms with Gasteiger partial charge >= 0.3 is 0 Å². The van der Waals surface area contributed by atoms with E-state index in [4.69, 9.17) is 19.7 Å². The van der Waals surface area contributed by atoms with Gasteiger partial charge in [-0.2, -0.15) is 0 Å². The molecular formula is C26H34O4. The van der Waals surface area contributed by atoms with Crippen molar-refractivity contribution in [2.45, 2.75) is 51.4 Å². The lowest BCUT2D eigenvalue weighted by molar-refractivity contribution is 0.273. The third kappa shape index (κ3) is 10.3. The van der Waals surface area contributed by atoms with E-state index in [-0.39, 0.29) is 13.2 Å². The first-order valence-corrected chi connectivity index (χ1v) is 11.0. The monoisotopic (exact) mass is 410 g/mol. The summed E-state index contributed by atoms with van der Waals surface area (Å²) in [5.74, 6) is 8.08. The minimum atomic E-state index is 0.272. The molecule has 0 saturated carbocycles. The van der Waals surface area contributed by atoms with E-state index in [0.29, 0.717) is 13.2 Å². The molecule has 0 heterocycles. The molecule has 2 aromatic carbocycles. The lowest BCUT2D eigenvalue weighted by Crippen LogP contribution is -1.97. The summed E-state index contributed by atoms with van der Waals surface area (Å²) >= 11 is 0. The Labute approximate surface area is 180 Å². The van der Waals surface area contributed by atoms with Crippen molar-refractivity contribution in [1.82, 2.24) is 0 Å². The number of aliphatic hydroxyl groups excluding tert-OH is 2. The molecule has 4 heteroatoms. The van der Waals surface area contributed by atoms with Crippen molar-refractivity contribution >= 4 is 0 Å². The zero-order valence-electron chi connectivity index (χ0n) is 17.8. The second-order valence-corrected chi connectivity index (χ2v) is 7.27. The number of rotatable bonds is 14. The maximum absolute atomic E-state index is 8.76. The quantitative estimate of drug-likeness (QED) is 0.342. The van der Waals surface area contributed by atoms with Crippen LogP contribution in [0.15, 0.2) is 48.5 Å². The van der Waals surface area contributed by atoms with E-state index in [0.717, 1.165) is 74.0 Å². The smallest absolute Gasteiger partial charge is 0.119 e. The van der Waals surface area contributed by atoms with Crippen LogP contribution in [-0.4, -0.2) is 36.6 Å². The Balaban J connectivity index is 1.70. The first-order valence-electron chi connectivity index (χ1n) is 11.0. The van der Waals surface area contributed by atoms with E-state index in [2.05, 4.69) is 11.8 Å². The summed E-state index contributed by atoms with van der Waals surface area (Å²) in [6.07, 6.45) is 8.01. The van der Waals surface area contributed by atoms with Crippen LogP contribution in [-0.2, 0) is 0 Å². The molecule has 0 bridgehead atoms. The molecule has 162 valence electrons. The highest BCUT2D eigenvalue weighted by atomic mass is 16.5. The Morgan fingerprint density at radius 2 is 0.867 bits per heavy atom. The molecule has 0 fully saturated rings. The van der Waals surface area contributed by atoms with Crippen LogP contribution in [0, 0.1) is 11.8 Å². The molecule has 0 aliphatic heterocycles. The average Bonchev–Trinajstić information content (AvgIpc) is 2.79. The minimum Gasteiger partial charge on any atom is -0.494 e. The highest BCUT2D eigenvalue weighted by Gasteiger charge is 1.97. The molecule has 0 aliphatic carbocycles. The number of unbranched alkanes of at least 4 members (excludes halogenated alkanes) is 6. The molecule has 0 aliphatic rings. The van der Waals surface area contributed by atoms with E-state index in [1.807, 2.05) is 48.5 Å². The maximum Gasteiger partial charge on any atom is 0.119 e. The van der Waals surface area contributed by atoms with Gasteiger partial charge in [0.05, 0.1) is 13.2 Å². The zero-order valence-corrected chi connectivity index (χ0v) is 17.8. The summed E-state index contributed by atoms with van der Waals surface area (Å²) in [5, 5.41) is 17.5. The van der Waals surface area contributed by atoms with Gasteiger partial charge in [0.1, 0.15) is 11.5 Å². The largest absolute Gasteiger partial charge is 0.494 e. The van der Waals surface area contributed by atoms with Crippen LogP contribution in [0.4, 0.5) is 0 Å². The fourth-order valence-electron chi connectivity index (χ4n) is 2.93. The van der Waals surface area contributed by atoms with Gasteiger partial charge < -0.3 is 19.7 Å². The summed E-state index contributed by atoms with van der Waals surface area (Å²) < 4.78 is 11.5. The average molecular weight is 411 g/mol. The van der Waals surface area contributed by atoms with Crippen molar-refractivity contribution in [3.05, 3.63) is 59.7 Å². The van der Waals surface area contributed by atoms with Crippen molar-refractivity contribution in [1.29, 1.82) is 0 Å². The Hall–Kier alpha value is -2.48. The van der Waals surface area contributed by atoms with Crippen LogP contribution >= 0.6 is 0 Å². The van der Waals surface area contributed by atoms with Gasteiger partial charge in [-0.05, 0) is 87.1 Å². The van der Waals surface area contributed by atoms with Gasteiger partial charge in [-0.1, -0.05) is 24.7 Å². The second-order valence-electron chi connectivity index (χ2n) is 7.27. The normalized spacial score (nSPS) is 10.3. The van der Waals surface area contributed by atoms with E-state index >= 15 is 0 Å². The third-order valence-electron chi connectivity index (χ3n) is 4.70. The summed E-state index contributed by atoms with van der Waals surface area (Å²) in [6, 6.07) is 15.7. The molecule has 0 radical (unpaired) electrons. The number of hydrogen-bond donors (Lipinski definition) is 2. The van der Waals surface area contributed by atoms with Crippen LogP contribution in [0.25, 0.3) is 0 Å². The summed E-state index contributed by atoms with van der Waals surface area (Å²) in [6.45, 7) is 1.95. The highest BCUT2D eigenvalue weighted by molar-refractivity contribution is 5.45. The molecule has 2 N–H and O–H groups in total. The van der Waals surface area contributed by atoms with Crippen LogP contribution < -0.4 is 9.47 Å². The molecule has 2 rings (SSSR count). The van der Waals surface area contributed by atoms with Gasteiger partial charge in [-0.25, -0.2) is 0 Å². The Morgan fingerprint density at radius 3 is 1.23 bits per heavy atom. The number of benzene rings is 2. The van der Waals surface area contributed by atoms with Crippen molar-refractivity contribution < 1.29 is 19.7 Å². The zero-order chi connectivity index (χ0) is 21.3. The van der Waals surface area contributed by atoms with Gasteiger partial charge in [0, 0.05) is 24.3 Å². The third-order valence-corrected chi connectivity index (χ3v) is 4.70. The van der Waals surface area contributed by atoms with Gasteiger partial charge in [0.15, 0.2) is 0 Å². The van der Waals surface area contributed by atoms with Crippen molar-refractivity contribution in [2.75, 3.05) is 26.4 Å². The first-order chi connectivity index (χ1) is 14.8. The van der Waals surface area contributed by atoms with Gasteiger partial charge in [0.2, 0.25) is 0 Å². The highest BCUT2D eigenvalue weighted by Crippen LogP contribution is 2.14. The number of aliphatic hydroxyl groups is 2. The van der Waals surface area contributed by atoms with Crippen LogP contribution in [0.5, 0.6) is 11.5 Å². The lowest BCUT2D eigenvalue weighted by Gasteiger charge is -2.06. The summed E-state index contributed by atoms with van der Waals surface area (Å²) in [5.41, 5.74) is 1.90. The Bertz CT molecular complexity index is 678. The molecular weight excluding hydrogens is 376 g/mol. The van der Waals surface area contributed by atoms with Crippen LogP contribution in [0.2, 0.25) is 0 Å². The minimum absolute atomic E-state index is 0.272. The van der Waals surface area contributed by atoms with Crippen molar-refractivity contribution in [3.63, 3.8) is 0 Å². The molecule has 0 unspecified atom stereocenters. The topological polar surface area (TPSA) is 58.9 Å². The molecule has 4 nitrogen and oxygen atoms in total. The van der Waals surface area contributed by atoms with E-state index in [1.165, 1.54) is 0 Å². The maximum atomic E-state index is 8.76. The standard InChI is InChI=1S/C26H34O4/c27-19-5-1-3-7-21-29-25-15-11-23(12-16-25)9-10-24-13-17-26(18-14-24)30-22-8-4-2-6-20-28/h11-18,27-28H,1-8,19-22H2. The Kier molecular flexibility index (Phi) is 12.2. The molecule has 0 atom stereocenters. The van der Waals surface area contributed by atoms with E-state index in [1.54, 1.807) is 0 Å². The fraction of sp³-hybridized carbons (Fsp3) is 0.462. The number of hydrogen-bond acceptors (Lipinski definition) is 4. The molecule has 0 spiro atoms. The molecule has 0 aromatic heterocycles. The molecule has 0 saturated heterocycles. The van der Waals surface area contributed by atoms with E-state index < -0.39 is 0 Å². The first kappa shape index (κ1) is 23.8. The fourth-order valence-corrected chi connectivity index (χ4v) is 2.93. The van der Waals surface area contributed by atoms with E-state index in [9.17, 15) is 0 Å². The molecule has 30 heavy (non-hydrogen) atoms. The lowest BCUT2D eigenvalue weighted by atomic mass is 10.1. The van der Waals surface area contributed by atoms with Crippen molar-refractivity contribution in [2.24, 2.45) is 0 Å². The number of ether oxygens (including phenoxy) is 2. The summed E-state index contributed by atoms with van der Waals surface area (Å²) in [4.78, 5) is 0. The van der Waals surface area contributed by atoms with Crippen molar-refractivity contribution in [3.8, 4) is 23.3 Å². The van der Waals surface area contributed by atoms with Gasteiger partial charge in [-0.15, -0.1) is 0 Å². The molecule has 2 aromatic rings. The van der Waals surface area contributed by atoms with Gasteiger partial charge in [-0.3, -0.25) is 0 Å². The Morgan fingerprint density at radius 1 is 0.500 bits per heavy atom. The SMILES string of the molecule is OCCCCCCOc1ccc(C#Cc2ccc(OCCCCCCO)cc2)cc1. The second kappa shape index (κ2) is 15.4. The molecule has 0 amide bonds. The van der Waals surface area contributed by atoms with Crippen LogP contribution in [0.3, 0.4) is 0 Å². The van der Waals surface area contributed by atoms with Crippen LogP contribution in [0.1, 0.15) is 62.5 Å². The van der Waals surface area contributed by atoms with Gasteiger partial charge in [0.25, 0.3) is 0 Å².